The number of aliphatic imine (C=N–C) groups is 1. The molecule has 4 rings (SSSR count). The number of nitrogens with zero attached hydrogens (tertiary/aromatic N) is 2. The molecule has 0 spiro atoms. The number of hydrogen-bond acceptors (Lipinski definition) is 5. The molecule has 6 nitrogen and oxygen atoms in total. The summed E-state index contributed by atoms with van der Waals surface area (Å²) < 4.78 is 44.6. The number of amidine groups is 1. The molecule has 0 aromatic heterocycles. The van der Waals surface area contributed by atoms with Gasteiger partial charge in [-0.25, -0.2) is 4.99 Å². The quantitative estimate of drug-likeness (QED) is 0.427. The molecule has 1 aliphatic heterocycles. The lowest BCUT2D eigenvalue weighted by molar-refractivity contribution is -0.137. The second kappa shape index (κ2) is 11.1. The van der Waals surface area contributed by atoms with E-state index in [-0.39, 0.29) is 29.1 Å². The fraction of sp³-hybridized carbons (Fsp3) is 0.400. The van der Waals surface area contributed by atoms with Crippen LogP contribution in [0.5, 0.6) is 5.75 Å². The Balaban J connectivity index is 1.51. The molecule has 1 saturated heterocycles. The summed E-state index contributed by atoms with van der Waals surface area (Å²) in [6.45, 7) is 2.44. The topological polar surface area (TPSA) is 71.0 Å². The first-order chi connectivity index (χ1) is 17.2. The van der Waals surface area contributed by atoms with Crippen LogP contribution in [-0.4, -0.2) is 39.8 Å². The van der Waals surface area contributed by atoms with Gasteiger partial charge in [-0.3, -0.25) is 14.5 Å². The molecule has 11 heteroatoms. The molecule has 1 heterocycles. The summed E-state index contributed by atoms with van der Waals surface area (Å²) >= 11 is 7.19. The molecule has 192 valence electrons. The van der Waals surface area contributed by atoms with E-state index in [4.69, 9.17) is 16.3 Å². The minimum absolute atomic E-state index is 0.0115. The number of thioether (sulfide) groups is 1. The molecule has 36 heavy (non-hydrogen) atoms. The number of hydrogen-bond donors (Lipinski definition) is 1. The molecular formula is C25H25ClF3N3O3S. The molecule has 2 aromatic carbocycles. The number of amides is 2. The van der Waals surface area contributed by atoms with Crippen LogP contribution < -0.4 is 10.1 Å². The Hall–Kier alpha value is -2.72. The third-order valence-corrected chi connectivity index (χ3v) is 7.45. The van der Waals surface area contributed by atoms with Crippen LogP contribution >= 0.6 is 23.4 Å². The van der Waals surface area contributed by atoms with Gasteiger partial charge in [-0.05, 0) is 62.2 Å². The molecule has 1 saturated carbocycles. The van der Waals surface area contributed by atoms with Crippen LogP contribution in [0, 0.1) is 0 Å². The van der Waals surface area contributed by atoms with Crippen molar-refractivity contribution in [1.82, 2.24) is 4.90 Å². The lowest BCUT2D eigenvalue weighted by Gasteiger charge is -2.23. The van der Waals surface area contributed by atoms with Crippen molar-refractivity contribution in [3.63, 3.8) is 0 Å². The highest BCUT2D eigenvalue weighted by atomic mass is 35.5. The first-order valence-corrected chi connectivity index (χ1v) is 12.9. The average Bonchev–Trinajstić information content (AvgIpc) is 3.44. The Morgan fingerprint density at radius 1 is 1.19 bits per heavy atom. The summed E-state index contributed by atoms with van der Waals surface area (Å²) in [6, 6.07) is 9.92. The van der Waals surface area contributed by atoms with E-state index in [1.807, 2.05) is 6.92 Å². The zero-order valence-corrected chi connectivity index (χ0v) is 21.1. The van der Waals surface area contributed by atoms with Crippen molar-refractivity contribution in [2.45, 2.75) is 56.5 Å². The van der Waals surface area contributed by atoms with Gasteiger partial charge >= 0.3 is 6.18 Å². The van der Waals surface area contributed by atoms with Crippen molar-refractivity contribution in [2.24, 2.45) is 4.99 Å². The van der Waals surface area contributed by atoms with E-state index in [1.165, 1.54) is 11.8 Å². The summed E-state index contributed by atoms with van der Waals surface area (Å²) in [4.78, 5) is 32.4. The number of anilines is 1. The van der Waals surface area contributed by atoms with Gasteiger partial charge in [0.25, 0.3) is 0 Å². The lowest BCUT2D eigenvalue weighted by atomic mass is 10.1. The van der Waals surface area contributed by atoms with Crippen molar-refractivity contribution >= 4 is 51.7 Å². The maximum atomic E-state index is 13.3. The van der Waals surface area contributed by atoms with Gasteiger partial charge in [-0.1, -0.05) is 36.2 Å². The molecule has 1 atom stereocenters. The predicted molar refractivity (Wildman–Crippen MR) is 135 cm³/mol. The highest BCUT2D eigenvalue weighted by molar-refractivity contribution is 8.15. The van der Waals surface area contributed by atoms with Crippen molar-refractivity contribution < 1.29 is 27.5 Å². The highest BCUT2D eigenvalue weighted by Crippen LogP contribution is 2.38. The molecule has 0 unspecified atom stereocenters. The number of halogens is 4. The maximum absolute atomic E-state index is 13.3. The van der Waals surface area contributed by atoms with Gasteiger partial charge in [-0.15, -0.1) is 0 Å². The van der Waals surface area contributed by atoms with E-state index in [9.17, 15) is 22.8 Å². The summed E-state index contributed by atoms with van der Waals surface area (Å²) in [5.74, 6) is -0.107. The fourth-order valence-corrected chi connectivity index (χ4v) is 5.63. The van der Waals surface area contributed by atoms with Crippen LogP contribution in [0.25, 0.3) is 0 Å². The zero-order chi connectivity index (χ0) is 25.9. The van der Waals surface area contributed by atoms with Crippen LogP contribution in [-0.2, 0) is 15.8 Å². The van der Waals surface area contributed by atoms with Gasteiger partial charge in [0.15, 0.2) is 5.17 Å². The van der Waals surface area contributed by atoms with E-state index >= 15 is 0 Å². The van der Waals surface area contributed by atoms with Crippen LogP contribution in [0.1, 0.15) is 44.6 Å². The average molecular weight is 540 g/mol. The Morgan fingerprint density at radius 3 is 2.53 bits per heavy atom. The largest absolute Gasteiger partial charge is 0.494 e. The normalized spacial score (nSPS) is 19.8. The third kappa shape index (κ3) is 6.15. The van der Waals surface area contributed by atoms with Gasteiger partial charge in [0.1, 0.15) is 11.0 Å². The number of rotatable bonds is 7. The summed E-state index contributed by atoms with van der Waals surface area (Å²) in [5, 5.41) is 2.19. The SMILES string of the molecule is CCOc1ccc(N=C2S[C@H](CC(=O)Nc3cc(C(F)(F)F)ccc3Cl)C(=O)N2C2CCCC2)cc1. The van der Waals surface area contributed by atoms with Gasteiger partial charge in [0.2, 0.25) is 11.8 Å². The molecule has 0 bridgehead atoms. The monoisotopic (exact) mass is 539 g/mol. The first-order valence-electron chi connectivity index (χ1n) is 11.6. The second-order valence-corrected chi connectivity index (χ2v) is 10.1. The van der Waals surface area contributed by atoms with E-state index in [2.05, 4.69) is 10.3 Å². The maximum Gasteiger partial charge on any atom is 0.416 e. The zero-order valence-electron chi connectivity index (χ0n) is 19.5. The first kappa shape index (κ1) is 26.3. The third-order valence-electron chi connectivity index (χ3n) is 5.97. The van der Waals surface area contributed by atoms with Crippen molar-refractivity contribution in [2.75, 3.05) is 11.9 Å². The number of alkyl halides is 3. The van der Waals surface area contributed by atoms with Crippen LogP contribution in [0.3, 0.4) is 0 Å². The summed E-state index contributed by atoms with van der Waals surface area (Å²) in [7, 11) is 0. The molecular weight excluding hydrogens is 515 g/mol. The van der Waals surface area contributed by atoms with E-state index < -0.39 is 22.9 Å². The molecule has 2 aromatic rings. The number of benzene rings is 2. The summed E-state index contributed by atoms with van der Waals surface area (Å²) in [6.07, 6.45) is -1.07. The van der Waals surface area contributed by atoms with Gasteiger partial charge in [-0.2, -0.15) is 13.2 Å². The molecule has 1 aliphatic carbocycles. The van der Waals surface area contributed by atoms with Crippen molar-refractivity contribution in [1.29, 1.82) is 0 Å². The molecule has 2 fully saturated rings. The lowest BCUT2D eigenvalue weighted by Crippen LogP contribution is -2.40. The number of carbonyl (C=O) groups excluding carboxylic acids is 2. The number of nitrogens with one attached hydrogen (secondary N) is 1. The second-order valence-electron chi connectivity index (χ2n) is 8.52. The molecule has 0 radical (unpaired) electrons. The van der Waals surface area contributed by atoms with Gasteiger partial charge < -0.3 is 10.1 Å². The predicted octanol–water partition coefficient (Wildman–Crippen LogP) is 6.66. The minimum atomic E-state index is -4.57. The molecule has 1 N–H and O–H groups in total. The molecule has 2 aliphatic rings. The summed E-state index contributed by atoms with van der Waals surface area (Å²) in [5.41, 5.74) is -0.425. The van der Waals surface area contributed by atoms with Gasteiger partial charge in [0.05, 0.1) is 28.6 Å². The highest BCUT2D eigenvalue weighted by Gasteiger charge is 2.43. The van der Waals surface area contributed by atoms with Crippen molar-refractivity contribution in [3.8, 4) is 5.75 Å². The van der Waals surface area contributed by atoms with Crippen LogP contribution in [0.4, 0.5) is 24.5 Å². The Kier molecular flexibility index (Phi) is 8.14. The Morgan fingerprint density at radius 2 is 1.89 bits per heavy atom. The number of ether oxygens (including phenoxy) is 1. The van der Waals surface area contributed by atoms with E-state index in [1.54, 1.807) is 29.2 Å². The number of carbonyl (C=O) groups is 2. The Bertz CT molecular complexity index is 1150. The van der Waals surface area contributed by atoms with E-state index in [0.29, 0.717) is 23.2 Å². The van der Waals surface area contributed by atoms with E-state index in [0.717, 1.165) is 43.9 Å². The fourth-order valence-electron chi connectivity index (χ4n) is 4.25. The standard InChI is InChI=1S/C25H25ClF3N3O3S/c1-2-35-18-10-8-16(9-11-18)30-24-32(17-5-3-4-6-17)23(34)21(36-24)14-22(33)31-20-13-15(25(27,28)29)7-12-19(20)26/h7-13,17,21H,2-6,14H2,1H3,(H,31,33)/t21-/m1/s1. The molecule has 2 amide bonds. The minimum Gasteiger partial charge on any atom is -0.494 e. The smallest absolute Gasteiger partial charge is 0.416 e. The Labute approximate surface area is 216 Å². The van der Waals surface area contributed by atoms with Gasteiger partial charge in [0, 0.05) is 12.5 Å². The van der Waals surface area contributed by atoms with Crippen molar-refractivity contribution in [3.05, 3.63) is 53.1 Å². The van der Waals surface area contributed by atoms with Crippen LogP contribution in [0.2, 0.25) is 5.02 Å². The van der Waals surface area contributed by atoms with Crippen LogP contribution in [0.15, 0.2) is 47.5 Å².